The summed E-state index contributed by atoms with van der Waals surface area (Å²) in [6.45, 7) is 5.70. The Balaban J connectivity index is 1.67. The first-order chi connectivity index (χ1) is 21.2. The van der Waals surface area contributed by atoms with E-state index in [0.717, 1.165) is 28.3 Å². The van der Waals surface area contributed by atoms with E-state index in [4.69, 9.17) is 4.74 Å². The summed E-state index contributed by atoms with van der Waals surface area (Å²) < 4.78 is 35.1. The van der Waals surface area contributed by atoms with E-state index in [1.54, 1.807) is 43.3 Å². The molecule has 0 saturated carbocycles. The van der Waals surface area contributed by atoms with E-state index in [2.05, 4.69) is 5.32 Å². The molecule has 2 amide bonds. The number of amides is 2. The minimum absolute atomic E-state index is 0.0560. The molecule has 44 heavy (non-hydrogen) atoms. The van der Waals surface area contributed by atoms with Crippen LogP contribution in [-0.4, -0.2) is 44.3 Å². The SMILES string of the molecule is CCCCNC(=O)C(C)N(Cc1ccccc1)C(=O)CN(c1ccc(Oc2ccccc2)cc1)S(=O)(=O)c1ccc(C)cc1. The Morgan fingerprint density at radius 3 is 2.02 bits per heavy atom. The second kappa shape index (κ2) is 15.2. The highest BCUT2D eigenvalue weighted by Gasteiger charge is 2.32. The number of aryl methyl sites for hydroxylation is 1. The number of ether oxygens (including phenoxy) is 1. The Hall–Kier alpha value is -4.63. The first kappa shape index (κ1) is 32.3. The number of nitrogens with zero attached hydrogens (tertiary/aromatic N) is 2. The predicted molar refractivity (Wildman–Crippen MR) is 173 cm³/mol. The number of carbonyl (C=O) groups excluding carboxylic acids is 2. The zero-order chi connectivity index (χ0) is 31.5. The van der Waals surface area contributed by atoms with Gasteiger partial charge in [0, 0.05) is 13.1 Å². The summed E-state index contributed by atoms with van der Waals surface area (Å²) in [6, 6.07) is 30.8. The monoisotopic (exact) mass is 613 g/mol. The van der Waals surface area contributed by atoms with Crippen LogP contribution < -0.4 is 14.4 Å². The summed E-state index contributed by atoms with van der Waals surface area (Å²) in [5.41, 5.74) is 2.02. The number of carbonyl (C=O) groups is 2. The molecule has 4 rings (SSSR count). The standard InChI is InChI=1S/C35H39N3O5S/c1-4-5-24-36-35(40)28(3)37(25-29-12-8-6-9-13-29)34(39)26-38(44(41,42)33-22-16-27(2)17-23-33)30-18-20-32(21-19-30)43-31-14-10-7-11-15-31/h6-23,28H,4-5,24-26H2,1-3H3,(H,36,40). The number of nitrogens with one attached hydrogen (secondary N) is 1. The van der Waals surface area contributed by atoms with Gasteiger partial charge in [-0.05, 0) is 74.4 Å². The molecule has 0 aliphatic rings. The Kier molecular flexibility index (Phi) is 11.2. The molecule has 0 aliphatic heterocycles. The van der Waals surface area contributed by atoms with E-state index in [1.165, 1.54) is 17.0 Å². The second-order valence-electron chi connectivity index (χ2n) is 10.6. The molecule has 0 saturated heterocycles. The smallest absolute Gasteiger partial charge is 0.264 e. The summed E-state index contributed by atoms with van der Waals surface area (Å²) in [6.07, 6.45) is 1.74. The van der Waals surface area contributed by atoms with Crippen LogP contribution in [0.15, 0.2) is 114 Å². The maximum absolute atomic E-state index is 14.1. The van der Waals surface area contributed by atoms with Crippen molar-refractivity contribution in [3.63, 3.8) is 0 Å². The molecule has 8 nitrogen and oxygen atoms in total. The van der Waals surface area contributed by atoms with Gasteiger partial charge in [0.05, 0.1) is 10.6 Å². The van der Waals surface area contributed by atoms with Crippen molar-refractivity contribution in [3.05, 3.63) is 120 Å². The van der Waals surface area contributed by atoms with E-state index < -0.39 is 28.5 Å². The van der Waals surface area contributed by atoms with Crippen LogP contribution in [0.3, 0.4) is 0 Å². The fourth-order valence-electron chi connectivity index (χ4n) is 4.57. The van der Waals surface area contributed by atoms with Crippen LogP contribution in [0.5, 0.6) is 11.5 Å². The van der Waals surface area contributed by atoms with Gasteiger partial charge in [-0.3, -0.25) is 13.9 Å². The molecule has 1 unspecified atom stereocenters. The first-order valence-electron chi connectivity index (χ1n) is 14.7. The Morgan fingerprint density at radius 1 is 0.818 bits per heavy atom. The van der Waals surface area contributed by atoms with Crippen molar-refractivity contribution in [1.29, 1.82) is 0 Å². The van der Waals surface area contributed by atoms with Crippen molar-refractivity contribution in [3.8, 4) is 11.5 Å². The van der Waals surface area contributed by atoms with Gasteiger partial charge in [-0.25, -0.2) is 8.42 Å². The molecule has 1 atom stereocenters. The number of benzene rings is 4. The third-order valence-electron chi connectivity index (χ3n) is 7.18. The molecule has 0 aliphatic carbocycles. The van der Waals surface area contributed by atoms with Crippen LogP contribution in [0, 0.1) is 6.92 Å². The predicted octanol–water partition coefficient (Wildman–Crippen LogP) is 6.32. The maximum atomic E-state index is 14.1. The van der Waals surface area contributed by atoms with Crippen molar-refractivity contribution < 1.29 is 22.7 Å². The van der Waals surface area contributed by atoms with Crippen LogP contribution in [-0.2, 0) is 26.2 Å². The number of anilines is 1. The van der Waals surface area contributed by atoms with Gasteiger partial charge in [0.15, 0.2) is 0 Å². The number of sulfonamides is 1. The van der Waals surface area contributed by atoms with Gasteiger partial charge < -0.3 is 15.0 Å². The zero-order valence-corrected chi connectivity index (χ0v) is 26.2. The third kappa shape index (κ3) is 8.48. The summed E-state index contributed by atoms with van der Waals surface area (Å²) in [4.78, 5) is 28.6. The molecule has 0 spiro atoms. The lowest BCUT2D eigenvalue weighted by atomic mass is 10.1. The van der Waals surface area contributed by atoms with Crippen molar-refractivity contribution in [1.82, 2.24) is 10.2 Å². The Morgan fingerprint density at radius 2 is 1.41 bits per heavy atom. The number of hydrogen-bond acceptors (Lipinski definition) is 5. The van der Waals surface area contributed by atoms with Crippen molar-refractivity contribution in [2.45, 2.75) is 51.1 Å². The molecule has 0 bridgehead atoms. The van der Waals surface area contributed by atoms with Crippen LogP contribution in [0.1, 0.15) is 37.8 Å². The van der Waals surface area contributed by atoms with Gasteiger partial charge in [0.2, 0.25) is 11.8 Å². The average Bonchev–Trinajstić information content (AvgIpc) is 3.03. The number of para-hydroxylation sites is 1. The van der Waals surface area contributed by atoms with Gasteiger partial charge in [0.25, 0.3) is 10.0 Å². The highest BCUT2D eigenvalue weighted by Crippen LogP contribution is 2.28. The summed E-state index contributed by atoms with van der Waals surface area (Å²) in [7, 11) is -4.16. The number of hydrogen-bond donors (Lipinski definition) is 1. The average molecular weight is 614 g/mol. The fraction of sp³-hybridized carbons (Fsp3) is 0.257. The first-order valence-corrected chi connectivity index (χ1v) is 16.2. The van der Waals surface area contributed by atoms with Gasteiger partial charge in [-0.1, -0.05) is 79.6 Å². The molecular weight excluding hydrogens is 574 g/mol. The van der Waals surface area contributed by atoms with E-state index in [-0.39, 0.29) is 17.3 Å². The van der Waals surface area contributed by atoms with Crippen molar-refractivity contribution in [2.75, 3.05) is 17.4 Å². The van der Waals surface area contributed by atoms with Gasteiger partial charge in [-0.15, -0.1) is 0 Å². The lowest BCUT2D eigenvalue weighted by Gasteiger charge is -2.32. The molecule has 0 fully saturated rings. The lowest BCUT2D eigenvalue weighted by molar-refractivity contribution is -0.139. The summed E-state index contributed by atoms with van der Waals surface area (Å²) in [5, 5.41) is 2.90. The van der Waals surface area contributed by atoms with Crippen molar-refractivity contribution in [2.24, 2.45) is 0 Å². The minimum Gasteiger partial charge on any atom is -0.457 e. The van der Waals surface area contributed by atoms with Gasteiger partial charge in [0.1, 0.15) is 24.1 Å². The molecular formula is C35H39N3O5S. The molecule has 1 N–H and O–H groups in total. The lowest BCUT2D eigenvalue weighted by Crippen LogP contribution is -2.51. The van der Waals surface area contributed by atoms with Gasteiger partial charge in [-0.2, -0.15) is 0 Å². The third-order valence-corrected chi connectivity index (χ3v) is 8.97. The topological polar surface area (TPSA) is 96.0 Å². The van der Waals surface area contributed by atoms with Crippen LogP contribution >= 0.6 is 0 Å². The molecule has 0 heterocycles. The highest BCUT2D eigenvalue weighted by atomic mass is 32.2. The number of rotatable bonds is 14. The van der Waals surface area contributed by atoms with E-state index in [1.807, 2.05) is 74.5 Å². The maximum Gasteiger partial charge on any atom is 0.264 e. The Bertz CT molecular complexity index is 1610. The highest BCUT2D eigenvalue weighted by molar-refractivity contribution is 7.92. The summed E-state index contributed by atoms with van der Waals surface area (Å²) >= 11 is 0. The zero-order valence-electron chi connectivity index (χ0n) is 25.3. The van der Waals surface area contributed by atoms with E-state index in [9.17, 15) is 18.0 Å². The minimum atomic E-state index is -4.16. The molecule has 4 aromatic carbocycles. The van der Waals surface area contributed by atoms with Crippen molar-refractivity contribution >= 4 is 27.5 Å². The largest absolute Gasteiger partial charge is 0.457 e. The molecule has 230 valence electrons. The van der Waals surface area contributed by atoms with E-state index in [0.29, 0.717) is 23.7 Å². The molecule has 9 heteroatoms. The summed E-state index contributed by atoms with van der Waals surface area (Å²) in [5.74, 6) is 0.356. The number of unbranched alkanes of at least 4 members (excludes halogenated alkanes) is 1. The molecule has 0 aromatic heterocycles. The molecule has 0 radical (unpaired) electrons. The molecule has 4 aromatic rings. The van der Waals surface area contributed by atoms with Crippen LogP contribution in [0.2, 0.25) is 0 Å². The van der Waals surface area contributed by atoms with Crippen LogP contribution in [0.25, 0.3) is 0 Å². The Labute approximate surface area is 260 Å². The van der Waals surface area contributed by atoms with Crippen LogP contribution in [0.4, 0.5) is 5.69 Å². The van der Waals surface area contributed by atoms with E-state index >= 15 is 0 Å². The quantitative estimate of drug-likeness (QED) is 0.168. The fourth-order valence-corrected chi connectivity index (χ4v) is 5.98. The second-order valence-corrected chi connectivity index (χ2v) is 12.4. The van der Waals surface area contributed by atoms with Gasteiger partial charge >= 0.3 is 0 Å². The normalized spacial score (nSPS) is 11.8.